The van der Waals surface area contributed by atoms with E-state index in [1.165, 1.54) is 12.1 Å². The molecule has 5 heteroatoms. The molecule has 1 aliphatic heterocycles. The Morgan fingerprint density at radius 3 is 2.41 bits per heavy atom. The van der Waals surface area contributed by atoms with E-state index < -0.39 is 0 Å². The van der Waals surface area contributed by atoms with Crippen LogP contribution in [-0.4, -0.2) is 36.9 Å². The largest absolute Gasteiger partial charge is 0.493 e. The highest BCUT2D eigenvalue weighted by Gasteiger charge is 2.25. The second-order valence-electron chi connectivity index (χ2n) is 8.21. The second kappa shape index (κ2) is 10.9. The summed E-state index contributed by atoms with van der Waals surface area (Å²) in [4.78, 5) is 15.0. The maximum Gasteiger partial charge on any atom is 0.166 e. The average molecular weight is 433 g/mol. The maximum absolute atomic E-state index is 13.1. The number of anilines is 2. The van der Waals surface area contributed by atoms with Crippen molar-refractivity contribution in [2.24, 2.45) is 5.92 Å². The molecule has 0 saturated carbocycles. The third-order valence-electron chi connectivity index (χ3n) is 5.87. The van der Waals surface area contributed by atoms with E-state index in [2.05, 4.69) is 10.2 Å². The molecule has 0 amide bonds. The molecule has 0 aliphatic carbocycles. The zero-order valence-corrected chi connectivity index (χ0v) is 18.2. The first-order valence-corrected chi connectivity index (χ1v) is 11.2. The number of likely N-dealkylation sites (tertiary alicyclic amines) is 1. The van der Waals surface area contributed by atoms with Gasteiger partial charge in [-0.2, -0.15) is 0 Å². The van der Waals surface area contributed by atoms with Crippen molar-refractivity contribution < 1.29 is 13.9 Å². The summed E-state index contributed by atoms with van der Waals surface area (Å²) in [6, 6.07) is 24.0. The Morgan fingerprint density at radius 1 is 0.938 bits per heavy atom. The van der Waals surface area contributed by atoms with Gasteiger partial charge in [0.05, 0.1) is 6.61 Å². The fraction of sp³-hybridized carbons (Fsp3) is 0.296. The van der Waals surface area contributed by atoms with Crippen molar-refractivity contribution in [2.45, 2.75) is 19.3 Å². The molecule has 1 fully saturated rings. The van der Waals surface area contributed by atoms with E-state index in [1.807, 2.05) is 54.6 Å². The van der Waals surface area contributed by atoms with Gasteiger partial charge in [-0.3, -0.25) is 4.79 Å². The van der Waals surface area contributed by atoms with Crippen LogP contribution in [0.5, 0.6) is 5.75 Å². The molecule has 166 valence electrons. The highest BCUT2D eigenvalue weighted by atomic mass is 19.1. The van der Waals surface area contributed by atoms with Crippen molar-refractivity contribution in [2.75, 3.05) is 31.6 Å². The minimum Gasteiger partial charge on any atom is -0.493 e. The molecule has 32 heavy (non-hydrogen) atoms. The van der Waals surface area contributed by atoms with Crippen molar-refractivity contribution in [3.05, 3.63) is 90.2 Å². The van der Waals surface area contributed by atoms with Crippen LogP contribution in [0.4, 0.5) is 15.8 Å². The van der Waals surface area contributed by atoms with Crippen LogP contribution in [0.15, 0.2) is 78.9 Å². The number of para-hydroxylation sites is 1. The number of nitrogens with one attached hydrogen (secondary N) is 1. The molecule has 1 N–H and O–H groups in total. The molecule has 3 aromatic rings. The number of hydrogen-bond donors (Lipinski definition) is 1. The van der Waals surface area contributed by atoms with Crippen molar-refractivity contribution in [1.82, 2.24) is 4.90 Å². The molecule has 0 atom stereocenters. The van der Waals surface area contributed by atoms with E-state index >= 15 is 0 Å². The Kier molecular flexibility index (Phi) is 7.51. The Morgan fingerprint density at radius 2 is 1.66 bits per heavy atom. The molecule has 1 heterocycles. The summed E-state index contributed by atoms with van der Waals surface area (Å²) in [6.07, 6.45) is 2.64. The molecule has 0 bridgehead atoms. The van der Waals surface area contributed by atoms with Crippen LogP contribution < -0.4 is 10.1 Å². The monoisotopic (exact) mass is 432 g/mol. The minimum absolute atomic E-state index is 0.0350. The third kappa shape index (κ3) is 6.17. The van der Waals surface area contributed by atoms with Gasteiger partial charge >= 0.3 is 0 Å². The molecule has 1 saturated heterocycles. The number of benzene rings is 3. The van der Waals surface area contributed by atoms with Gasteiger partial charge in [-0.1, -0.05) is 24.3 Å². The lowest BCUT2D eigenvalue weighted by atomic mass is 9.89. The number of carbonyl (C=O) groups excluding carboxylic acids is 1. The van der Waals surface area contributed by atoms with Crippen molar-refractivity contribution in [1.29, 1.82) is 0 Å². The quantitative estimate of drug-likeness (QED) is 0.336. The number of hydrogen-bond acceptors (Lipinski definition) is 4. The molecular formula is C27H29FN2O2. The highest BCUT2D eigenvalue weighted by molar-refractivity contribution is 5.97. The lowest BCUT2D eigenvalue weighted by molar-refractivity contribution is 0.0835. The number of ketones is 1. The van der Waals surface area contributed by atoms with Gasteiger partial charge in [0.25, 0.3) is 0 Å². The standard InChI is InChI=1S/C27H29FN2O2/c28-23-12-10-21(11-13-23)27(31)22-14-17-30(18-15-22)16-5-19-32-26-9-4-8-25(20-26)29-24-6-2-1-3-7-24/h1-4,6-13,20,22,29H,5,14-19H2. The molecule has 3 aromatic carbocycles. The molecule has 4 rings (SSSR count). The second-order valence-corrected chi connectivity index (χ2v) is 8.21. The van der Waals surface area contributed by atoms with Gasteiger partial charge < -0.3 is 15.0 Å². The van der Waals surface area contributed by atoms with Crippen LogP contribution in [-0.2, 0) is 0 Å². The van der Waals surface area contributed by atoms with Crippen LogP contribution >= 0.6 is 0 Å². The molecule has 0 radical (unpaired) electrons. The van der Waals surface area contributed by atoms with Crippen LogP contribution in [0.25, 0.3) is 0 Å². The number of halogens is 1. The molecular weight excluding hydrogens is 403 g/mol. The number of ether oxygens (including phenoxy) is 1. The Bertz CT molecular complexity index is 1000. The summed E-state index contributed by atoms with van der Waals surface area (Å²) >= 11 is 0. The summed E-state index contributed by atoms with van der Waals surface area (Å²) in [6.45, 7) is 3.44. The molecule has 0 aromatic heterocycles. The van der Waals surface area contributed by atoms with Crippen LogP contribution in [0.1, 0.15) is 29.6 Å². The SMILES string of the molecule is O=C(c1ccc(F)cc1)C1CCN(CCCOc2cccc(Nc3ccccc3)c2)CC1. The van der Waals surface area contributed by atoms with Gasteiger partial charge in [-0.05, 0) is 80.9 Å². The number of Topliss-reactive ketones (excluding diaryl/α,β-unsaturated/α-hetero) is 1. The van der Waals surface area contributed by atoms with Crippen molar-refractivity contribution in [3.63, 3.8) is 0 Å². The molecule has 0 spiro atoms. The number of rotatable bonds is 9. The van der Waals surface area contributed by atoms with E-state index in [1.54, 1.807) is 12.1 Å². The first-order valence-electron chi connectivity index (χ1n) is 11.2. The summed E-state index contributed by atoms with van der Waals surface area (Å²) < 4.78 is 19.0. The van der Waals surface area contributed by atoms with Gasteiger partial charge in [0.2, 0.25) is 0 Å². The number of carbonyl (C=O) groups is 1. The van der Waals surface area contributed by atoms with Crippen LogP contribution in [0.2, 0.25) is 0 Å². The Hall–Kier alpha value is -3.18. The third-order valence-corrected chi connectivity index (χ3v) is 5.87. The van der Waals surface area contributed by atoms with E-state index in [-0.39, 0.29) is 17.5 Å². The van der Waals surface area contributed by atoms with Crippen LogP contribution in [0, 0.1) is 11.7 Å². The first-order chi connectivity index (χ1) is 15.7. The van der Waals surface area contributed by atoms with Crippen molar-refractivity contribution >= 4 is 17.2 Å². The van der Waals surface area contributed by atoms with Gasteiger partial charge in [0.15, 0.2) is 5.78 Å². The summed E-state index contributed by atoms with van der Waals surface area (Å²) in [5.74, 6) is 0.720. The predicted octanol–water partition coefficient (Wildman–Crippen LogP) is 5.93. The summed E-state index contributed by atoms with van der Waals surface area (Å²) in [7, 11) is 0. The zero-order valence-electron chi connectivity index (χ0n) is 18.2. The number of piperidine rings is 1. The summed E-state index contributed by atoms with van der Waals surface area (Å²) in [5.41, 5.74) is 2.66. The van der Waals surface area contributed by atoms with Gasteiger partial charge in [-0.15, -0.1) is 0 Å². The normalized spacial score (nSPS) is 14.8. The van der Waals surface area contributed by atoms with Crippen LogP contribution in [0.3, 0.4) is 0 Å². The van der Waals surface area contributed by atoms with Gasteiger partial charge in [0.1, 0.15) is 11.6 Å². The molecule has 1 aliphatic rings. The summed E-state index contributed by atoms with van der Waals surface area (Å²) in [5, 5.41) is 3.38. The first kappa shape index (κ1) is 22.0. The fourth-order valence-electron chi connectivity index (χ4n) is 4.10. The lowest BCUT2D eigenvalue weighted by Gasteiger charge is -2.31. The molecule has 4 nitrogen and oxygen atoms in total. The fourth-order valence-corrected chi connectivity index (χ4v) is 4.10. The van der Waals surface area contributed by atoms with Gasteiger partial charge in [-0.25, -0.2) is 4.39 Å². The van der Waals surface area contributed by atoms with Gasteiger partial charge in [0, 0.05) is 35.5 Å². The highest BCUT2D eigenvalue weighted by Crippen LogP contribution is 2.23. The van der Waals surface area contributed by atoms with E-state index in [9.17, 15) is 9.18 Å². The van der Waals surface area contributed by atoms with E-state index in [0.717, 1.165) is 56.0 Å². The predicted molar refractivity (Wildman–Crippen MR) is 126 cm³/mol. The zero-order chi connectivity index (χ0) is 22.2. The number of nitrogens with zero attached hydrogens (tertiary/aromatic N) is 1. The van der Waals surface area contributed by atoms with Crippen molar-refractivity contribution in [3.8, 4) is 5.75 Å². The minimum atomic E-state index is -0.308. The maximum atomic E-state index is 13.1. The van der Waals surface area contributed by atoms with E-state index in [4.69, 9.17) is 4.74 Å². The molecule has 0 unspecified atom stereocenters. The Labute approximate surface area is 189 Å². The average Bonchev–Trinajstić information content (AvgIpc) is 2.83. The smallest absolute Gasteiger partial charge is 0.166 e. The Balaban J connectivity index is 1.17. The van der Waals surface area contributed by atoms with E-state index in [0.29, 0.717) is 12.2 Å². The topological polar surface area (TPSA) is 41.6 Å². The lowest BCUT2D eigenvalue weighted by Crippen LogP contribution is -2.37.